The topological polar surface area (TPSA) is 33.7 Å². The number of methoxy groups -OCH3 is 1. The van der Waals surface area contributed by atoms with Gasteiger partial charge in [-0.15, -0.1) is 0 Å². The van der Waals surface area contributed by atoms with Crippen LogP contribution >= 0.6 is 0 Å². The average molecular weight is 244 g/mol. The highest BCUT2D eigenvalue weighted by atomic mass is 16.5. The molecule has 1 saturated heterocycles. The fourth-order valence-corrected chi connectivity index (χ4v) is 2.43. The van der Waals surface area contributed by atoms with Crippen LogP contribution in [0.25, 0.3) is 0 Å². The van der Waals surface area contributed by atoms with E-state index in [1.54, 1.807) is 7.11 Å². The lowest BCUT2D eigenvalue weighted by Crippen LogP contribution is -2.48. The second kappa shape index (κ2) is 8.03. The molecule has 0 spiro atoms. The van der Waals surface area contributed by atoms with E-state index in [4.69, 9.17) is 9.47 Å². The van der Waals surface area contributed by atoms with Crippen LogP contribution in [0.2, 0.25) is 0 Å². The Morgan fingerprint density at radius 3 is 2.82 bits per heavy atom. The smallest absolute Gasteiger partial charge is 0.0589 e. The van der Waals surface area contributed by atoms with Crippen molar-refractivity contribution in [1.82, 2.24) is 10.2 Å². The number of hydrogen-bond donors (Lipinski definition) is 1. The molecule has 4 nitrogen and oxygen atoms in total. The van der Waals surface area contributed by atoms with Gasteiger partial charge in [0.25, 0.3) is 0 Å². The van der Waals surface area contributed by atoms with Gasteiger partial charge in [-0.2, -0.15) is 0 Å². The van der Waals surface area contributed by atoms with Gasteiger partial charge in [0.1, 0.15) is 0 Å². The summed E-state index contributed by atoms with van der Waals surface area (Å²) in [5.41, 5.74) is 0. The minimum Gasteiger partial charge on any atom is -0.383 e. The fourth-order valence-electron chi connectivity index (χ4n) is 2.43. The van der Waals surface area contributed by atoms with Crippen LogP contribution in [0.5, 0.6) is 0 Å². The van der Waals surface area contributed by atoms with Crippen LogP contribution in [0.3, 0.4) is 0 Å². The number of nitrogens with one attached hydrogen (secondary N) is 1. The van der Waals surface area contributed by atoms with Crippen molar-refractivity contribution in [2.24, 2.45) is 5.92 Å². The van der Waals surface area contributed by atoms with E-state index in [0.29, 0.717) is 18.0 Å². The molecule has 2 unspecified atom stereocenters. The summed E-state index contributed by atoms with van der Waals surface area (Å²) < 4.78 is 10.8. The van der Waals surface area contributed by atoms with E-state index in [9.17, 15) is 0 Å². The first-order valence-electron chi connectivity index (χ1n) is 6.67. The van der Waals surface area contributed by atoms with Gasteiger partial charge in [-0.05, 0) is 27.3 Å². The van der Waals surface area contributed by atoms with Crippen molar-refractivity contribution in [1.29, 1.82) is 0 Å². The van der Waals surface area contributed by atoms with Crippen LogP contribution in [-0.4, -0.2) is 64.1 Å². The summed E-state index contributed by atoms with van der Waals surface area (Å²) in [6.07, 6.45) is 1.12. The van der Waals surface area contributed by atoms with Crippen molar-refractivity contribution >= 4 is 0 Å². The van der Waals surface area contributed by atoms with Crippen molar-refractivity contribution < 1.29 is 9.47 Å². The minimum absolute atomic E-state index is 0.560. The van der Waals surface area contributed by atoms with Crippen molar-refractivity contribution in [3.63, 3.8) is 0 Å². The lowest BCUT2D eigenvalue weighted by atomic mass is 9.95. The van der Waals surface area contributed by atoms with Gasteiger partial charge in [-0.3, -0.25) is 4.90 Å². The third-order valence-corrected chi connectivity index (χ3v) is 3.63. The molecule has 0 aromatic rings. The van der Waals surface area contributed by atoms with Gasteiger partial charge in [-0.1, -0.05) is 0 Å². The molecule has 0 amide bonds. The van der Waals surface area contributed by atoms with E-state index in [-0.39, 0.29) is 0 Å². The first kappa shape index (κ1) is 14.9. The highest BCUT2D eigenvalue weighted by molar-refractivity contribution is 4.82. The van der Waals surface area contributed by atoms with Gasteiger partial charge in [0.15, 0.2) is 0 Å². The Balaban J connectivity index is 2.45. The maximum atomic E-state index is 5.60. The summed E-state index contributed by atoms with van der Waals surface area (Å²) in [6, 6.07) is 1.15. The summed E-state index contributed by atoms with van der Waals surface area (Å²) in [6.45, 7) is 9.15. The molecule has 0 aromatic carbocycles. The zero-order valence-electron chi connectivity index (χ0n) is 11.7. The standard InChI is InChI=1S/C13H28N2O2/c1-11(2)15(6-8-16-4)9-12-10-17-7-5-13(12)14-3/h11-14H,5-10H2,1-4H3. The molecular weight excluding hydrogens is 216 g/mol. The molecule has 0 bridgehead atoms. The number of nitrogens with zero attached hydrogens (tertiary/aromatic N) is 1. The molecule has 1 aliphatic heterocycles. The van der Waals surface area contributed by atoms with Crippen LogP contribution in [-0.2, 0) is 9.47 Å². The maximum absolute atomic E-state index is 5.60. The maximum Gasteiger partial charge on any atom is 0.0589 e. The van der Waals surface area contributed by atoms with Crippen molar-refractivity contribution in [3.05, 3.63) is 0 Å². The molecule has 1 N–H and O–H groups in total. The summed E-state index contributed by atoms with van der Waals surface area (Å²) >= 11 is 0. The van der Waals surface area contributed by atoms with E-state index < -0.39 is 0 Å². The number of ether oxygens (including phenoxy) is 2. The molecule has 1 fully saturated rings. The van der Waals surface area contributed by atoms with Crippen LogP contribution in [0.1, 0.15) is 20.3 Å². The minimum atomic E-state index is 0.560. The predicted molar refractivity (Wildman–Crippen MR) is 70.4 cm³/mol. The normalized spacial score (nSPS) is 25.8. The van der Waals surface area contributed by atoms with Gasteiger partial charge in [0.2, 0.25) is 0 Å². The largest absolute Gasteiger partial charge is 0.383 e. The second-order valence-electron chi connectivity index (χ2n) is 5.10. The van der Waals surface area contributed by atoms with Gasteiger partial charge < -0.3 is 14.8 Å². The zero-order chi connectivity index (χ0) is 12.7. The summed E-state index contributed by atoms with van der Waals surface area (Å²) in [4.78, 5) is 2.48. The molecule has 1 heterocycles. The molecule has 0 saturated carbocycles. The van der Waals surface area contributed by atoms with E-state index in [1.807, 2.05) is 0 Å². The fraction of sp³-hybridized carbons (Fsp3) is 1.00. The molecule has 1 aliphatic rings. The summed E-state index contributed by atoms with van der Waals surface area (Å²) in [5.74, 6) is 0.591. The van der Waals surface area contributed by atoms with Crippen LogP contribution < -0.4 is 5.32 Å². The van der Waals surface area contributed by atoms with Crippen molar-refractivity contribution in [2.45, 2.75) is 32.4 Å². The van der Waals surface area contributed by atoms with Gasteiger partial charge in [0.05, 0.1) is 13.2 Å². The van der Waals surface area contributed by atoms with E-state index in [1.165, 1.54) is 0 Å². The summed E-state index contributed by atoms with van der Waals surface area (Å²) in [5, 5.41) is 3.42. The van der Waals surface area contributed by atoms with Gasteiger partial charge >= 0.3 is 0 Å². The van der Waals surface area contributed by atoms with E-state index in [0.717, 1.165) is 39.3 Å². The van der Waals surface area contributed by atoms with Crippen LogP contribution in [0.4, 0.5) is 0 Å². The Labute approximate surface area is 106 Å². The molecule has 1 rings (SSSR count). The highest BCUT2D eigenvalue weighted by Gasteiger charge is 2.26. The third kappa shape index (κ3) is 4.92. The molecular formula is C13H28N2O2. The number of rotatable bonds is 7. The predicted octanol–water partition coefficient (Wildman–Crippen LogP) is 0.968. The Hall–Kier alpha value is -0.160. The van der Waals surface area contributed by atoms with E-state index >= 15 is 0 Å². The first-order valence-corrected chi connectivity index (χ1v) is 6.67. The van der Waals surface area contributed by atoms with Gasteiger partial charge in [-0.25, -0.2) is 0 Å². The molecule has 4 heteroatoms. The molecule has 0 radical (unpaired) electrons. The third-order valence-electron chi connectivity index (χ3n) is 3.63. The first-order chi connectivity index (χ1) is 8.19. The number of hydrogen-bond acceptors (Lipinski definition) is 4. The van der Waals surface area contributed by atoms with Crippen LogP contribution in [0.15, 0.2) is 0 Å². The van der Waals surface area contributed by atoms with Crippen LogP contribution in [0, 0.1) is 5.92 Å². The zero-order valence-corrected chi connectivity index (χ0v) is 11.7. The Morgan fingerprint density at radius 2 is 2.24 bits per heavy atom. The molecule has 102 valence electrons. The molecule has 2 atom stereocenters. The quantitative estimate of drug-likeness (QED) is 0.723. The SMILES string of the molecule is CNC1CCOCC1CN(CCOC)C(C)C. The molecule has 17 heavy (non-hydrogen) atoms. The Morgan fingerprint density at radius 1 is 1.47 bits per heavy atom. The van der Waals surface area contributed by atoms with Crippen molar-refractivity contribution in [2.75, 3.05) is 47.1 Å². The average Bonchev–Trinajstić information content (AvgIpc) is 2.34. The lowest BCUT2D eigenvalue weighted by Gasteiger charge is -2.36. The van der Waals surface area contributed by atoms with Crippen molar-refractivity contribution in [3.8, 4) is 0 Å². The molecule has 0 aliphatic carbocycles. The molecule has 0 aromatic heterocycles. The Kier molecular flexibility index (Phi) is 7.04. The second-order valence-corrected chi connectivity index (χ2v) is 5.10. The van der Waals surface area contributed by atoms with E-state index in [2.05, 4.69) is 31.1 Å². The lowest BCUT2D eigenvalue weighted by molar-refractivity contribution is 0.00976. The highest BCUT2D eigenvalue weighted by Crippen LogP contribution is 2.17. The Bertz CT molecular complexity index is 200. The van der Waals surface area contributed by atoms with Gasteiger partial charge in [0, 0.05) is 44.8 Å². The monoisotopic (exact) mass is 244 g/mol. The summed E-state index contributed by atoms with van der Waals surface area (Å²) in [7, 11) is 3.82.